The van der Waals surface area contributed by atoms with Crippen LogP contribution in [0.5, 0.6) is 0 Å². The molecule has 2 atom stereocenters. The Hall–Kier alpha value is -0.940. The van der Waals surface area contributed by atoms with Crippen LogP contribution in [-0.2, 0) is 0 Å². The van der Waals surface area contributed by atoms with E-state index < -0.39 is 0 Å². The summed E-state index contributed by atoms with van der Waals surface area (Å²) < 4.78 is 5.45. The Morgan fingerprint density at radius 1 is 1.32 bits per heavy atom. The first-order chi connectivity index (χ1) is 9.26. The molecule has 5 nitrogen and oxygen atoms in total. The molecule has 1 N–H and O–H groups in total. The standard InChI is InChI=1S/C14H26N4O/c1-4-6-11(3)14-16-13(17-19-14)12(5-2)18-9-7-15-8-10-18/h11-12,15H,4-10H2,1-3H3. The van der Waals surface area contributed by atoms with Gasteiger partial charge in [0.15, 0.2) is 5.82 Å². The van der Waals surface area contributed by atoms with Crippen molar-refractivity contribution in [1.29, 1.82) is 0 Å². The molecule has 0 radical (unpaired) electrons. The van der Waals surface area contributed by atoms with Crippen LogP contribution >= 0.6 is 0 Å². The van der Waals surface area contributed by atoms with E-state index in [1.165, 1.54) is 0 Å². The van der Waals surface area contributed by atoms with E-state index in [4.69, 9.17) is 4.52 Å². The van der Waals surface area contributed by atoms with Crippen molar-refractivity contribution in [2.45, 2.75) is 52.0 Å². The number of hydrogen-bond donors (Lipinski definition) is 1. The zero-order chi connectivity index (χ0) is 13.7. The summed E-state index contributed by atoms with van der Waals surface area (Å²) in [6.07, 6.45) is 3.28. The molecule has 1 aromatic heterocycles. The number of aromatic nitrogens is 2. The van der Waals surface area contributed by atoms with Gasteiger partial charge in [0.2, 0.25) is 5.89 Å². The fourth-order valence-electron chi connectivity index (χ4n) is 2.74. The second kappa shape index (κ2) is 7.01. The van der Waals surface area contributed by atoms with Crippen LogP contribution in [-0.4, -0.2) is 41.2 Å². The van der Waals surface area contributed by atoms with Crippen LogP contribution < -0.4 is 5.32 Å². The van der Waals surface area contributed by atoms with Gasteiger partial charge in [-0.15, -0.1) is 0 Å². The highest BCUT2D eigenvalue weighted by atomic mass is 16.5. The van der Waals surface area contributed by atoms with Crippen molar-refractivity contribution in [2.75, 3.05) is 26.2 Å². The maximum absolute atomic E-state index is 5.45. The Bertz CT molecular complexity index is 373. The summed E-state index contributed by atoms with van der Waals surface area (Å²) in [4.78, 5) is 7.09. The molecule has 1 aliphatic heterocycles. The predicted molar refractivity (Wildman–Crippen MR) is 75.1 cm³/mol. The quantitative estimate of drug-likeness (QED) is 0.856. The largest absolute Gasteiger partial charge is 0.339 e. The van der Waals surface area contributed by atoms with E-state index in [-0.39, 0.29) is 0 Å². The summed E-state index contributed by atoms with van der Waals surface area (Å²) in [6, 6.07) is 0.299. The van der Waals surface area contributed by atoms with E-state index in [1.54, 1.807) is 0 Å². The number of nitrogens with one attached hydrogen (secondary N) is 1. The van der Waals surface area contributed by atoms with Gasteiger partial charge in [-0.1, -0.05) is 32.3 Å². The first-order valence-electron chi connectivity index (χ1n) is 7.54. The molecule has 0 saturated carbocycles. The molecule has 0 amide bonds. The van der Waals surface area contributed by atoms with Gasteiger partial charge in [-0.3, -0.25) is 4.90 Å². The topological polar surface area (TPSA) is 54.2 Å². The van der Waals surface area contributed by atoms with Crippen molar-refractivity contribution < 1.29 is 4.52 Å². The van der Waals surface area contributed by atoms with E-state index in [9.17, 15) is 0 Å². The minimum Gasteiger partial charge on any atom is -0.339 e. The van der Waals surface area contributed by atoms with Crippen LogP contribution in [0.2, 0.25) is 0 Å². The fourth-order valence-corrected chi connectivity index (χ4v) is 2.74. The van der Waals surface area contributed by atoms with Gasteiger partial charge in [0.05, 0.1) is 6.04 Å². The minimum absolute atomic E-state index is 0.299. The highest BCUT2D eigenvalue weighted by Crippen LogP contribution is 2.25. The third kappa shape index (κ3) is 3.54. The van der Waals surface area contributed by atoms with E-state index in [2.05, 4.69) is 41.1 Å². The summed E-state index contributed by atoms with van der Waals surface area (Å²) in [5, 5.41) is 7.60. The summed E-state index contributed by atoms with van der Waals surface area (Å²) in [6.45, 7) is 10.8. The molecule has 1 fully saturated rings. The zero-order valence-corrected chi connectivity index (χ0v) is 12.4. The van der Waals surface area contributed by atoms with Gasteiger partial charge < -0.3 is 9.84 Å². The summed E-state index contributed by atoms with van der Waals surface area (Å²) in [7, 11) is 0. The lowest BCUT2D eigenvalue weighted by Gasteiger charge is -2.32. The third-order valence-corrected chi connectivity index (χ3v) is 3.88. The van der Waals surface area contributed by atoms with Gasteiger partial charge in [-0.2, -0.15) is 4.98 Å². The molecule has 108 valence electrons. The van der Waals surface area contributed by atoms with Crippen LogP contribution in [0.3, 0.4) is 0 Å². The van der Waals surface area contributed by atoms with Gasteiger partial charge >= 0.3 is 0 Å². The second-order valence-corrected chi connectivity index (χ2v) is 5.39. The summed E-state index contributed by atoms with van der Waals surface area (Å²) in [5.74, 6) is 2.03. The molecule has 5 heteroatoms. The van der Waals surface area contributed by atoms with Crippen LogP contribution in [0, 0.1) is 0 Å². The highest BCUT2D eigenvalue weighted by Gasteiger charge is 2.25. The molecule has 1 saturated heterocycles. The first-order valence-corrected chi connectivity index (χ1v) is 7.54. The molecular weight excluding hydrogens is 240 g/mol. The average Bonchev–Trinajstić information content (AvgIpc) is 2.91. The van der Waals surface area contributed by atoms with Crippen LogP contribution in [0.15, 0.2) is 4.52 Å². The van der Waals surface area contributed by atoms with E-state index >= 15 is 0 Å². The summed E-state index contributed by atoms with van der Waals surface area (Å²) >= 11 is 0. The minimum atomic E-state index is 0.299. The maximum Gasteiger partial charge on any atom is 0.229 e. The zero-order valence-electron chi connectivity index (χ0n) is 12.4. The molecule has 2 rings (SSSR count). The first kappa shape index (κ1) is 14.5. The molecule has 1 aromatic rings. The van der Waals surface area contributed by atoms with E-state index in [0.29, 0.717) is 12.0 Å². The van der Waals surface area contributed by atoms with Crippen molar-refractivity contribution in [1.82, 2.24) is 20.4 Å². The van der Waals surface area contributed by atoms with Gasteiger partial charge in [-0.05, 0) is 12.8 Å². The van der Waals surface area contributed by atoms with Gasteiger partial charge in [0, 0.05) is 32.1 Å². The van der Waals surface area contributed by atoms with Crippen LogP contribution in [0.4, 0.5) is 0 Å². The Labute approximate surface area is 115 Å². The number of nitrogens with zero attached hydrogens (tertiary/aromatic N) is 3. The number of piperazine rings is 1. The Balaban J connectivity index is 2.06. The number of hydrogen-bond acceptors (Lipinski definition) is 5. The van der Waals surface area contributed by atoms with Crippen molar-refractivity contribution in [3.63, 3.8) is 0 Å². The van der Waals surface area contributed by atoms with Crippen molar-refractivity contribution >= 4 is 0 Å². The lowest BCUT2D eigenvalue weighted by atomic mass is 10.1. The molecule has 0 aromatic carbocycles. The smallest absolute Gasteiger partial charge is 0.229 e. The molecule has 0 bridgehead atoms. The van der Waals surface area contributed by atoms with Crippen molar-refractivity contribution in [3.05, 3.63) is 11.7 Å². The number of rotatable bonds is 6. The molecule has 0 spiro atoms. The molecular formula is C14H26N4O. The average molecular weight is 266 g/mol. The second-order valence-electron chi connectivity index (χ2n) is 5.39. The van der Waals surface area contributed by atoms with Gasteiger partial charge in [0.25, 0.3) is 0 Å². The maximum atomic E-state index is 5.45. The molecule has 19 heavy (non-hydrogen) atoms. The molecule has 0 aliphatic carbocycles. The Kier molecular flexibility index (Phi) is 5.34. The third-order valence-electron chi connectivity index (χ3n) is 3.88. The van der Waals surface area contributed by atoms with Crippen LogP contribution in [0.1, 0.15) is 63.7 Å². The highest BCUT2D eigenvalue weighted by molar-refractivity contribution is 4.98. The Morgan fingerprint density at radius 3 is 2.68 bits per heavy atom. The van der Waals surface area contributed by atoms with E-state index in [0.717, 1.165) is 57.2 Å². The van der Waals surface area contributed by atoms with E-state index in [1.807, 2.05) is 0 Å². The summed E-state index contributed by atoms with van der Waals surface area (Å²) in [5.41, 5.74) is 0. The van der Waals surface area contributed by atoms with Crippen LogP contribution in [0.25, 0.3) is 0 Å². The van der Waals surface area contributed by atoms with Gasteiger partial charge in [0.1, 0.15) is 0 Å². The van der Waals surface area contributed by atoms with Crippen molar-refractivity contribution in [3.8, 4) is 0 Å². The SMILES string of the molecule is CCCC(C)c1nc(C(CC)N2CCNCC2)no1. The lowest BCUT2D eigenvalue weighted by molar-refractivity contribution is 0.160. The monoisotopic (exact) mass is 266 g/mol. The fraction of sp³-hybridized carbons (Fsp3) is 0.857. The Morgan fingerprint density at radius 2 is 2.05 bits per heavy atom. The van der Waals surface area contributed by atoms with Gasteiger partial charge in [-0.25, -0.2) is 0 Å². The van der Waals surface area contributed by atoms with Crippen molar-refractivity contribution in [2.24, 2.45) is 0 Å². The normalized spacial score (nSPS) is 20.4. The lowest BCUT2D eigenvalue weighted by Crippen LogP contribution is -2.45. The molecule has 2 unspecified atom stereocenters. The molecule has 1 aliphatic rings. The predicted octanol–water partition coefficient (Wildman–Crippen LogP) is 2.33. The molecule has 2 heterocycles.